The van der Waals surface area contributed by atoms with E-state index in [-0.39, 0.29) is 5.60 Å². The van der Waals surface area contributed by atoms with Crippen molar-refractivity contribution in [3.05, 3.63) is 0 Å². The summed E-state index contributed by atoms with van der Waals surface area (Å²) in [5.41, 5.74) is 0.122. The Labute approximate surface area is 119 Å². The molecule has 0 aliphatic rings. The second-order valence-electron chi connectivity index (χ2n) is 6.35. The van der Waals surface area contributed by atoms with Crippen molar-refractivity contribution < 1.29 is 4.43 Å². The van der Waals surface area contributed by atoms with Crippen LogP contribution < -0.4 is 0 Å². The van der Waals surface area contributed by atoms with Crippen LogP contribution in [0.4, 0.5) is 0 Å². The Hall–Kier alpha value is 0.177. The van der Waals surface area contributed by atoms with Crippen molar-refractivity contribution in [1.82, 2.24) is 0 Å². The average Bonchev–Trinajstić information content (AvgIpc) is 2.32. The normalized spacial score (nSPS) is 13.2. The van der Waals surface area contributed by atoms with E-state index in [1.807, 2.05) is 0 Å². The van der Waals surface area contributed by atoms with E-state index in [9.17, 15) is 0 Å². The Balaban J connectivity index is 5.04. The monoisotopic (exact) mass is 272 g/mol. The zero-order valence-corrected chi connectivity index (χ0v) is 15.9. The molecule has 0 aliphatic carbocycles. The van der Waals surface area contributed by atoms with Gasteiger partial charge in [-0.2, -0.15) is 0 Å². The highest BCUT2D eigenvalue weighted by molar-refractivity contribution is 5.98. The fourth-order valence-electron chi connectivity index (χ4n) is 3.74. The SMILES string of the molecule is CCCCC(CCCC)C(O[SiH3])(C(C)C)C(C)C. The third-order valence-electron chi connectivity index (χ3n) is 4.61. The summed E-state index contributed by atoms with van der Waals surface area (Å²) in [6.45, 7) is 14.0. The summed E-state index contributed by atoms with van der Waals surface area (Å²) < 4.78 is 6.26. The lowest BCUT2D eigenvalue weighted by molar-refractivity contribution is -0.0743. The summed E-state index contributed by atoms with van der Waals surface area (Å²) in [5.74, 6) is 1.98. The Kier molecular flexibility index (Phi) is 9.23. The standard InChI is InChI=1S/C16H36OSi/c1-7-9-11-15(12-10-8-2)16(17-18,13(3)4)14(5)6/h13-15H,7-12H2,1-6,18H3. The third-order valence-corrected chi connectivity index (χ3v) is 5.32. The smallest absolute Gasteiger partial charge is 0.146 e. The van der Waals surface area contributed by atoms with Gasteiger partial charge in [-0.05, 0) is 30.6 Å². The molecular formula is C16H36OSi. The van der Waals surface area contributed by atoms with Gasteiger partial charge in [-0.25, -0.2) is 0 Å². The van der Waals surface area contributed by atoms with Crippen LogP contribution in [-0.2, 0) is 4.43 Å². The van der Waals surface area contributed by atoms with Crippen molar-refractivity contribution in [3.63, 3.8) is 0 Å². The van der Waals surface area contributed by atoms with E-state index >= 15 is 0 Å². The Morgan fingerprint density at radius 2 is 1.28 bits per heavy atom. The van der Waals surface area contributed by atoms with E-state index < -0.39 is 0 Å². The molecule has 0 aliphatic heterocycles. The maximum absolute atomic E-state index is 6.26. The van der Waals surface area contributed by atoms with Gasteiger partial charge in [0.25, 0.3) is 0 Å². The molecular weight excluding hydrogens is 236 g/mol. The highest BCUT2D eigenvalue weighted by Gasteiger charge is 2.42. The number of hydrogen-bond acceptors (Lipinski definition) is 1. The number of rotatable bonds is 10. The van der Waals surface area contributed by atoms with Crippen LogP contribution in [0.1, 0.15) is 80.1 Å². The summed E-state index contributed by atoms with van der Waals surface area (Å²) in [5, 5.41) is 0. The summed E-state index contributed by atoms with van der Waals surface area (Å²) in [6.07, 6.45) is 7.98. The average molecular weight is 273 g/mol. The zero-order valence-electron chi connectivity index (χ0n) is 13.9. The van der Waals surface area contributed by atoms with Crippen molar-refractivity contribution in [2.24, 2.45) is 17.8 Å². The molecule has 0 bridgehead atoms. The third kappa shape index (κ3) is 4.38. The van der Waals surface area contributed by atoms with Gasteiger partial charge in [0.05, 0.1) is 5.60 Å². The zero-order chi connectivity index (χ0) is 14.2. The van der Waals surface area contributed by atoms with Crippen LogP contribution >= 0.6 is 0 Å². The van der Waals surface area contributed by atoms with E-state index in [1.165, 1.54) is 38.5 Å². The summed E-state index contributed by atoms with van der Waals surface area (Å²) in [6, 6.07) is 0. The van der Waals surface area contributed by atoms with Gasteiger partial charge < -0.3 is 4.43 Å². The summed E-state index contributed by atoms with van der Waals surface area (Å²) >= 11 is 0. The van der Waals surface area contributed by atoms with E-state index in [2.05, 4.69) is 41.5 Å². The molecule has 0 unspecified atom stereocenters. The molecule has 2 heteroatoms. The molecule has 0 N–H and O–H groups in total. The molecule has 0 rings (SSSR count). The Morgan fingerprint density at radius 3 is 1.50 bits per heavy atom. The maximum atomic E-state index is 6.26. The van der Waals surface area contributed by atoms with Crippen LogP contribution in [0.2, 0.25) is 0 Å². The van der Waals surface area contributed by atoms with Gasteiger partial charge in [0.1, 0.15) is 10.5 Å². The van der Waals surface area contributed by atoms with E-state index in [1.54, 1.807) is 0 Å². The number of unbranched alkanes of at least 4 members (excludes halogenated alkanes) is 2. The molecule has 0 radical (unpaired) electrons. The highest BCUT2D eigenvalue weighted by atomic mass is 28.2. The largest absolute Gasteiger partial charge is 0.422 e. The van der Waals surface area contributed by atoms with E-state index in [4.69, 9.17) is 4.43 Å². The lowest BCUT2D eigenvalue weighted by Gasteiger charge is -2.47. The van der Waals surface area contributed by atoms with Crippen molar-refractivity contribution in [2.75, 3.05) is 0 Å². The first-order chi connectivity index (χ1) is 8.47. The molecule has 0 fully saturated rings. The van der Waals surface area contributed by atoms with Crippen LogP contribution in [0.3, 0.4) is 0 Å². The molecule has 0 spiro atoms. The predicted octanol–water partition coefficient (Wildman–Crippen LogP) is 4.33. The first-order valence-electron chi connectivity index (χ1n) is 8.02. The van der Waals surface area contributed by atoms with Crippen LogP contribution in [0.25, 0.3) is 0 Å². The molecule has 0 amide bonds. The van der Waals surface area contributed by atoms with Gasteiger partial charge in [-0.15, -0.1) is 0 Å². The van der Waals surface area contributed by atoms with Crippen LogP contribution in [-0.4, -0.2) is 16.1 Å². The minimum Gasteiger partial charge on any atom is -0.422 e. The minimum absolute atomic E-state index is 0.122. The Bertz CT molecular complexity index is 185. The molecule has 18 heavy (non-hydrogen) atoms. The van der Waals surface area contributed by atoms with Crippen molar-refractivity contribution in [2.45, 2.75) is 85.7 Å². The number of hydrogen-bond donors (Lipinski definition) is 0. The molecule has 0 heterocycles. The molecule has 1 nitrogen and oxygen atoms in total. The van der Waals surface area contributed by atoms with Gasteiger partial charge in [0.2, 0.25) is 0 Å². The second-order valence-corrected chi connectivity index (χ2v) is 6.76. The van der Waals surface area contributed by atoms with Crippen LogP contribution in [0, 0.1) is 17.8 Å². The van der Waals surface area contributed by atoms with Gasteiger partial charge in [-0.1, -0.05) is 67.2 Å². The quantitative estimate of drug-likeness (QED) is 0.538. The molecule has 0 aromatic heterocycles. The second kappa shape index (κ2) is 9.14. The van der Waals surface area contributed by atoms with Gasteiger partial charge in [-0.3, -0.25) is 0 Å². The predicted molar refractivity (Wildman–Crippen MR) is 86.0 cm³/mol. The maximum Gasteiger partial charge on any atom is 0.146 e. The summed E-state index contributed by atoms with van der Waals surface area (Å²) in [7, 11) is 0.857. The summed E-state index contributed by atoms with van der Waals surface area (Å²) in [4.78, 5) is 0. The van der Waals surface area contributed by atoms with Gasteiger partial charge >= 0.3 is 0 Å². The fraction of sp³-hybridized carbons (Fsp3) is 1.00. The lowest BCUT2D eigenvalue weighted by Crippen LogP contribution is -2.50. The molecule has 0 aromatic rings. The molecule has 0 saturated carbocycles. The fourth-order valence-corrected chi connectivity index (χ4v) is 5.02. The molecule has 110 valence electrons. The van der Waals surface area contributed by atoms with E-state index in [0.717, 1.165) is 16.4 Å². The van der Waals surface area contributed by atoms with Crippen LogP contribution in [0.5, 0.6) is 0 Å². The molecule has 0 aromatic carbocycles. The first kappa shape index (κ1) is 18.2. The Morgan fingerprint density at radius 1 is 0.889 bits per heavy atom. The van der Waals surface area contributed by atoms with E-state index in [0.29, 0.717) is 11.8 Å². The van der Waals surface area contributed by atoms with Crippen molar-refractivity contribution in [3.8, 4) is 0 Å². The first-order valence-corrected chi connectivity index (χ1v) is 8.84. The lowest BCUT2D eigenvalue weighted by atomic mass is 9.68. The van der Waals surface area contributed by atoms with Crippen molar-refractivity contribution in [1.29, 1.82) is 0 Å². The van der Waals surface area contributed by atoms with Crippen LogP contribution in [0.15, 0.2) is 0 Å². The molecule has 0 saturated heterocycles. The highest BCUT2D eigenvalue weighted by Crippen LogP contribution is 2.42. The van der Waals surface area contributed by atoms with Crippen molar-refractivity contribution >= 4 is 10.5 Å². The van der Waals surface area contributed by atoms with Gasteiger partial charge in [0, 0.05) is 0 Å². The van der Waals surface area contributed by atoms with Gasteiger partial charge in [0.15, 0.2) is 0 Å². The minimum atomic E-state index is 0.122. The molecule has 0 atom stereocenters. The topological polar surface area (TPSA) is 9.23 Å².